The molecule has 0 bridgehead atoms. The smallest absolute Gasteiger partial charge is 0.321 e. The number of benzene rings is 1. The Bertz CT molecular complexity index is 814. The van der Waals surface area contributed by atoms with E-state index in [-0.39, 0.29) is 24.4 Å². The third-order valence-electron chi connectivity index (χ3n) is 6.00. The van der Waals surface area contributed by atoms with Gasteiger partial charge in [0.25, 0.3) is 0 Å². The number of aryl methyl sites for hydroxylation is 1. The molecule has 28 heavy (non-hydrogen) atoms. The third-order valence-corrected chi connectivity index (χ3v) is 6.00. The average Bonchev–Trinajstić information content (AvgIpc) is 3.15. The van der Waals surface area contributed by atoms with Crippen LogP contribution in [0.4, 0.5) is 16.2 Å². The van der Waals surface area contributed by atoms with Crippen LogP contribution in [0.15, 0.2) is 18.2 Å². The summed E-state index contributed by atoms with van der Waals surface area (Å²) in [6.07, 6.45) is 2.38. The highest BCUT2D eigenvalue weighted by Crippen LogP contribution is 2.49. The maximum atomic E-state index is 12.7. The lowest BCUT2D eigenvalue weighted by Crippen LogP contribution is -2.38. The van der Waals surface area contributed by atoms with Crippen LogP contribution in [0.1, 0.15) is 45.6 Å². The van der Waals surface area contributed by atoms with Crippen LogP contribution in [-0.4, -0.2) is 41.0 Å². The van der Waals surface area contributed by atoms with Crippen molar-refractivity contribution < 1.29 is 19.5 Å². The van der Waals surface area contributed by atoms with Crippen molar-refractivity contribution in [3.63, 3.8) is 0 Å². The van der Waals surface area contributed by atoms with E-state index in [4.69, 9.17) is 0 Å². The zero-order valence-electron chi connectivity index (χ0n) is 17.0. The molecule has 2 atom stereocenters. The van der Waals surface area contributed by atoms with Gasteiger partial charge in [0, 0.05) is 29.9 Å². The number of carboxylic acids is 1. The molecule has 1 heterocycles. The Morgan fingerprint density at radius 3 is 2.54 bits per heavy atom. The summed E-state index contributed by atoms with van der Waals surface area (Å²) in [4.78, 5) is 38.4. The van der Waals surface area contributed by atoms with Crippen LogP contribution in [0.25, 0.3) is 0 Å². The fraction of sp³-hybridized carbons (Fsp3) is 0.571. The first kappa shape index (κ1) is 20.2. The molecule has 1 aromatic rings. The number of rotatable bonds is 3. The number of nitrogens with one attached hydrogen (secondary N) is 2. The van der Waals surface area contributed by atoms with Gasteiger partial charge in [0.1, 0.15) is 0 Å². The van der Waals surface area contributed by atoms with Gasteiger partial charge in [0.2, 0.25) is 5.91 Å². The molecule has 7 nitrogen and oxygen atoms in total. The number of carbonyl (C=O) groups is 3. The molecule has 3 rings (SSSR count). The lowest BCUT2D eigenvalue weighted by Gasteiger charge is -2.23. The molecule has 3 amide bonds. The third kappa shape index (κ3) is 3.70. The van der Waals surface area contributed by atoms with Crippen molar-refractivity contribution in [3.8, 4) is 0 Å². The van der Waals surface area contributed by atoms with Gasteiger partial charge in [0.05, 0.1) is 5.41 Å². The summed E-state index contributed by atoms with van der Waals surface area (Å²) in [6, 6.07) is 5.06. The summed E-state index contributed by atoms with van der Waals surface area (Å²) in [5.41, 5.74) is 0.802. The molecule has 0 radical (unpaired) electrons. The van der Waals surface area contributed by atoms with Gasteiger partial charge in [-0.05, 0) is 43.4 Å². The molecule has 1 aromatic carbocycles. The zero-order valence-corrected chi connectivity index (χ0v) is 17.0. The van der Waals surface area contributed by atoms with Crippen molar-refractivity contribution in [2.45, 2.75) is 47.0 Å². The number of carboxylic acid groups (broad SMARTS) is 1. The molecule has 152 valence electrons. The Kier molecular flexibility index (Phi) is 5.12. The summed E-state index contributed by atoms with van der Waals surface area (Å²) in [5, 5.41) is 15.4. The molecule has 0 aromatic heterocycles. The second-order valence-electron chi connectivity index (χ2n) is 9.09. The van der Waals surface area contributed by atoms with E-state index in [0.29, 0.717) is 24.3 Å². The van der Waals surface area contributed by atoms with Gasteiger partial charge in [-0.15, -0.1) is 0 Å². The zero-order chi connectivity index (χ0) is 20.7. The fourth-order valence-corrected chi connectivity index (χ4v) is 4.14. The minimum Gasteiger partial charge on any atom is -0.481 e. The van der Waals surface area contributed by atoms with Crippen LogP contribution in [0.5, 0.6) is 0 Å². The van der Waals surface area contributed by atoms with Crippen LogP contribution in [0.3, 0.4) is 0 Å². The SMILES string of the molecule is Cc1ccc(NC(=O)N2C[C@@H]3CCC[C@@]3(C(=O)O)C2)cc1NC(=O)C(C)(C)C. The van der Waals surface area contributed by atoms with E-state index in [1.165, 1.54) is 0 Å². The molecule has 2 fully saturated rings. The largest absolute Gasteiger partial charge is 0.481 e. The lowest BCUT2D eigenvalue weighted by molar-refractivity contribution is -0.149. The molecule has 1 saturated carbocycles. The van der Waals surface area contributed by atoms with Crippen LogP contribution in [0, 0.1) is 23.7 Å². The van der Waals surface area contributed by atoms with Crippen molar-refractivity contribution >= 4 is 29.3 Å². The van der Waals surface area contributed by atoms with E-state index in [1.54, 1.807) is 17.0 Å². The van der Waals surface area contributed by atoms with Crippen molar-refractivity contribution in [1.29, 1.82) is 0 Å². The van der Waals surface area contributed by atoms with Gasteiger partial charge in [-0.2, -0.15) is 0 Å². The predicted molar refractivity (Wildman–Crippen MR) is 107 cm³/mol. The highest BCUT2D eigenvalue weighted by molar-refractivity contribution is 5.97. The van der Waals surface area contributed by atoms with Crippen molar-refractivity contribution in [2.24, 2.45) is 16.7 Å². The normalized spacial score (nSPS) is 24.0. The molecular formula is C21H29N3O4. The number of hydrogen-bond donors (Lipinski definition) is 3. The molecule has 1 aliphatic carbocycles. The van der Waals surface area contributed by atoms with Crippen LogP contribution in [-0.2, 0) is 9.59 Å². The van der Waals surface area contributed by atoms with Gasteiger partial charge in [-0.1, -0.05) is 33.3 Å². The van der Waals surface area contributed by atoms with E-state index in [0.717, 1.165) is 18.4 Å². The first-order chi connectivity index (χ1) is 13.0. The number of fused-ring (bicyclic) bond motifs is 1. The summed E-state index contributed by atoms with van der Waals surface area (Å²) < 4.78 is 0. The maximum Gasteiger partial charge on any atom is 0.321 e. The van der Waals surface area contributed by atoms with E-state index in [1.807, 2.05) is 33.8 Å². The van der Waals surface area contributed by atoms with Gasteiger partial charge < -0.3 is 20.6 Å². The number of amides is 3. The van der Waals surface area contributed by atoms with Crippen molar-refractivity contribution in [3.05, 3.63) is 23.8 Å². The van der Waals surface area contributed by atoms with Crippen LogP contribution in [0.2, 0.25) is 0 Å². The van der Waals surface area contributed by atoms with E-state index in [2.05, 4.69) is 10.6 Å². The molecular weight excluding hydrogens is 358 g/mol. The highest BCUT2D eigenvalue weighted by Gasteiger charge is 2.55. The summed E-state index contributed by atoms with van der Waals surface area (Å²) >= 11 is 0. The van der Waals surface area contributed by atoms with Gasteiger partial charge >= 0.3 is 12.0 Å². The van der Waals surface area contributed by atoms with E-state index in [9.17, 15) is 19.5 Å². The molecule has 0 unspecified atom stereocenters. The van der Waals surface area contributed by atoms with Crippen molar-refractivity contribution in [2.75, 3.05) is 23.7 Å². The first-order valence-corrected chi connectivity index (χ1v) is 9.74. The number of hydrogen-bond acceptors (Lipinski definition) is 3. The first-order valence-electron chi connectivity index (χ1n) is 9.74. The highest BCUT2D eigenvalue weighted by atomic mass is 16.4. The second-order valence-corrected chi connectivity index (χ2v) is 9.09. The Labute approximate surface area is 165 Å². The topological polar surface area (TPSA) is 98.7 Å². The number of anilines is 2. The van der Waals surface area contributed by atoms with Crippen LogP contribution >= 0.6 is 0 Å². The summed E-state index contributed by atoms with van der Waals surface area (Å²) in [7, 11) is 0. The Morgan fingerprint density at radius 2 is 1.93 bits per heavy atom. The number of aliphatic carboxylic acids is 1. The quantitative estimate of drug-likeness (QED) is 0.736. The second kappa shape index (κ2) is 7.11. The van der Waals surface area contributed by atoms with Gasteiger partial charge in [-0.3, -0.25) is 9.59 Å². The summed E-state index contributed by atoms with van der Waals surface area (Å²) in [6.45, 7) is 8.13. The van der Waals surface area contributed by atoms with E-state index >= 15 is 0 Å². The van der Waals surface area contributed by atoms with Gasteiger partial charge in [0.15, 0.2) is 0 Å². The molecule has 7 heteroatoms. The number of carbonyl (C=O) groups excluding carboxylic acids is 2. The fourth-order valence-electron chi connectivity index (χ4n) is 4.14. The molecule has 2 aliphatic rings. The molecule has 1 aliphatic heterocycles. The average molecular weight is 387 g/mol. The minimum absolute atomic E-state index is 0.0235. The standard InChI is InChI=1S/C21H29N3O4/c1-13-7-8-15(10-16(13)23-17(25)20(2,3)4)22-19(28)24-11-14-6-5-9-21(14,12-24)18(26)27/h7-8,10,14H,5-6,9,11-12H2,1-4H3,(H,22,28)(H,23,25)(H,26,27)/t14-,21+/m0/s1. The summed E-state index contributed by atoms with van der Waals surface area (Å²) in [5.74, 6) is -0.877. The van der Waals surface area contributed by atoms with Gasteiger partial charge in [-0.25, -0.2) is 4.79 Å². The molecule has 1 saturated heterocycles. The lowest BCUT2D eigenvalue weighted by atomic mass is 9.81. The number of nitrogens with zero attached hydrogens (tertiary/aromatic N) is 1. The predicted octanol–water partition coefficient (Wildman–Crippen LogP) is 3.70. The van der Waals surface area contributed by atoms with Crippen molar-refractivity contribution in [1.82, 2.24) is 4.90 Å². The van der Waals surface area contributed by atoms with E-state index < -0.39 is 16.8 Å². The maximum absolute atomic E-state index is 12.7. The minimum atomic E-state index is -0.798. The molecule has 3 N–H and O–H groups in total. The number of likely N-dealkylation sites (tertiary alicyclic amines) is 1. The Balaban J connectivity index is 1.71. The number of urea groups is 1. The molecule has 0 spiro atoms. The monoisotopic (exact) mass is 387 g/mol. The van der Waals surface area contributed by atoms with Crippen LogP contribution < -0.4 is 10.6 Å². The Hall–Kier alpha value is -2.57. The Morgan fingerprint density at radius 1 is 1.21 bits per heavy atom.